The number of nitrogens with zero attached hydrogens (tertiary/aromatic N) is 3. The number of aromatic nitrogens is 3. The fraction of sp³-hybridized carbons (Fsp3) is 0.200. The van der Waals surface area contributed by atoms with Gasteiger partial charge >= 0.3 is 0 Å². The van der Waals surface area contributed by atoms with Gasteiger partial charge in [0.1, 0.15) is 0 Å². The summed E-state index contributed by atoms with van der Waals surface area (Å²) in [5.74, 6) is 0. The van der Waals surface area contributed by atoms with Crippen LogP contribution < -0.4 is 5.32 Å². The predicted octanol–water partition coefficient (Wildman–Crippen LogP) is 3.82. The Hall–Kier alpha value is -2.14. The molecule has 1 aromatic carbocycles. The first-order chi connectivity index (χ1) is 9.86. The molecule has 1 N–H and O–H groups in total. The summed E-state index contributed by atoms with van der Waals surface area (Å²) < 4.78 is 1.87. The van der Waals surface area contributed by atoms with Crippen molar-refractivity contribution in [3.8, 4) is 16.9 Å². The maximum atomic E-state index is 4.58. The van der Waals surface area contributed by atoms with Gasteiger partial charge in [-0.2, -0.15) is 5.10 Å². The monoisotopic (exact) mass is 284 g/mol. The van der Waals surface area contributed by atoms with E-state index in [0.717, 1.165) is 35.0 Å². The Bertz CT molecular complexity index is 672. The van der Waals surface area contributed by atoms with Crippen molar-refractivity contribution >= 4 is 16.5 Å². The Morgan fingerprint density at radius 3 is 2.90 bits per heavy atom. The molecule has 4 nitrogen and oxygen atoms in total. The second kappa shape index (κ2) is 5.88. The molecule has 102 valence electrons. The molecule has 2 aromatic heterocycles. The zero-order valence-corrected chi connectivity index (χ0v) is 12.1. The van der Waals surface area contributed by atoms with E-state index in [1.54, 1.807) is 11.3 Å². The Morgan fingerprint density at radius 2 is 2.10 bits per heavy atom. The van der Waals surface area contributed by atoms with Crippen molar-refractivity contribution in [3.63, 3.8) is 0 Å². The predicted molar refractivity (Wildman–Crippen MR) is 83.5 cm³/mol. The lowest BCUT2D eigenvalue weighted by molar-refractivity contribution is 0.881. The number of benzene rings is 1. The van der Waals surface area contributed by atoms with Crippen molar-refractivity contribution < 1.29 is 0 Å². The van der Waals surface area contributed by atoms with Crippen LogP contribution in [-0.4, -0.2) is 21.3 Å². The summed E-state index contributed by atoms with van der Waals surface area (Å²) in [5, 5.41) is 10.7. The maximum Gasteiger partial charge on any atom is 0.183 e. The van der Waals surface area contributed by atoms with Gasteiger partial charge in [-0.05, 0) is 18.6 Å². The fourth-order valence-corrected chi connectivity index (χ4v) is 2.64. The van der Waals surface area contributed by atoms with Gasteiger partial charge in [-0.25, -0.2) is 9.67 Å². The average molecular weight is 284 g/mol. The average Bonchev–Trinajstić information content (AvgIpc) is 3.15. The van der Waals surface area contributed by atoms with Gasteiger partial charge < -0.3 is 5.32 Å². The van der Waals surface area contributed by atoms with Crippen molar-refractivity contribution in [1.29, 1.82) is 0 Å². The Balaban J connectivity index is 1.81. The normalized spacial score (nSPS) is 10.7. The van der Waals surface area contributed by atoms with Gasteiger partial charge in [0.25, 0.3) is 0 Å². The van der Waals surface area contributed by atoms with Crippen LogP contribution in [0.1, 0.15) is 13.3 Å². The van der Waals surface area contributed by atoms with Crippen molar-refractivity contribution in [3.05, 3.63) is 48.1 Å². The zero-order valence-electron chi connectivity index (χ0n) is 11.3. The van der Waals surface area contributed by atoms with Crippen molar-refractivity contribution in [2.24, 2.45) is 0 Å². The zero-order chi connectivity index (χ0) is 13.8. The maximum absolute atomic E-state index is 4.58. The van der Waals surface area contributed by atoms with Gasteiger partial charge in [-0.1, -0.05) is 25.1 Å². The molecular formula is C15H16N4S. The molecule has 0 bridgehead atoms. The lowest BCUT2D eigenvalue weighted by Crippen LogP contribution is -1.98. The van der Waals surface area contributed by atoms with Crippen LogP contribution in [0.4, 0.5) is 5.13 Å². The number of hydrogen-bond donors (Lipinski definition) is 1. The fourth-order valence-electron chi connectivity index (χ4n) is 1.90. The van der Waals surface area contributed by atoms with E-state index < -0.39 is 0 Å². The largest absolute Gasteiger partial charge is 0.362 e. The molecule has 5 heteroatoms. The number of hydrogen-bond acceptors (Lipinski definition) is 4. The van der Waals surface area contributed by atoms with Crippen LogP contribution >= 0.6 is 11.3 Å². The molecule has 0 spiro atoms. The van der Waals surface area contributed by atoms with Crippen molar-refractivity contribution in [2.75, 3.05) is 11.9 Å². The van der Waals surface area contributed by atoms with Crippen LogP contribution in [0, 0.1) is 0 Å². The molecule has 0 aliphatic rings. The molecule has 0 aliphatic heterocycles. The third-order valence-electron chi connectivity index (χ3n) is 2.93. The molecule has 0 unspecified atom stereocenters. The quantitative estimate of drug-likeness (QED) is 0.774. The molecule has 3 aromatic rings. The minimum Gasteiger partial charge on any atom is -0.362 e. The first-order valence-corrected chi connectivity index (χ1v) is 7.54. The standard InChI is InChI=1S/C15H16N4S/c1-2-8-16-15-18-14(11-20-15)12-9-17-19(10-12)13-6-4-3-5-7-13/h3-7,9-11H,2,8H2,1H3,(H,16,18). The summed E-state index contributed by atoms with van der Waals surface area (Å²) in [5.41, 5.74) is 3.06. The number of para-hydroxylation sites is 1. The van der Waals surface area contributed by atoms with E-state index in [2.05, 4.69) is 27.7 Å². The van der Waals surface area contributed by atoms with Gasteiger partial charge in [0.2, 0.25) is 0 Å². The van der Waals surface area contributed by atoms with E-state index >= 15 is 0 Å². The Labute approximate surface area is 122 Å². The second-order valence-electron chi connectivity index (χ2n) is 4.47. The summed E-state index contributed by atoms with van der Waals surface area (Å²) in [7, 11) is 0. The third-order valence-corrected chi connectivity index (χ3v) is 3.73. The van der Waals surface area contributed by atoms with E-state index in [9.17, 15) is 0 Å². The highest BCUT2D eigenvalue weighted by Gasteiger charge is 2.07. The minimum atomic E-state index is 0.955. The molecule has 0 aliphatic carbocycles. The van der Waals surface area contributed by atoms with E-state index in [-0.39, 0.29) is 0 Å². The van der Waals surface area contributed by atoms with Crippen LogP contribution in [0.2, 0.25) is 0 Å². The number of rotatable bonds is 5. The van der Waals surface area contributed by atoms with Crippen LogP contribution in [0.5, 0.6) is 0 Å². The molecule has 0 saturated carbocycles. The SMILES string of the molecule is CCCNc1nc(-c2cnn(-c3ccccc3)c2)cs1. The lowest BCUT2D eigenvalue weighted by atomic mass is 10.3. The van der Waals surface area contributed by atoms with Crippen LogP contribution in [-0.2, 0) is 0 Å². The summed E-state index contributed by atoms with van der Waals surface area (Å²) >= 11 is 1.63. The number of nitrogens with one attached hydrogen (secondary N) is 1. The lowest BCUT2D eigenvalue weighted by Gasteiger charge is -1.98. The molecule has 0 saturated heterocycles. The third kappa shape index (κ3) is 2.72. The molecule has 0 fully saturated rings. The Kier molecular flexibility index (Phi) is 3.78. The van der Waals surface area contributed by atoms with Crippen LogP contribution in [0.15, 0.2) is 48.1 Å². The highest BCUT2D eigenvalue weighted by atomic mass is 32.1. The summed E-state index contributed by atoms with van der Waals surface area (Å²) in [6.45, 7) is 3.10. The van der Waals surface area contributed by atoms with Crippen LogP contribution in [0.3, 0.4) is 0 Å². The number of thiazole rings is 1. The second-order valence-corrected chi connectivity index (χ2v) is 5.33. The smallest absolute Gasteiger partial charge is 0.183 e. The Morgan fingerprint density at radius 1 is 1.25 bits per heavy atom. The van der Waals surface area contributed by atoms with E-state index in [0.29, 0.717) is 0 Å². The molecule has 2 heterocycles. The first-order valence-electron chi connectivity index (χ1n) is 6.66. The molecule has 20 heavy (non-hydrogen) atoms. The molecule has 0 amide bonds. The van der Waals surface area contributed by atoms with Gasteiger partial charge in [0, 0.05) is 23.7 Å². The topological polar surface area (TPSA) is 42.7 Å². The number of anilines is 1. The molecule has 0 atom stereocenters. The van der Waals surface area contributed by atoms with Crippen molar-refractivity contribution in [1.82, 2.24) is 14.8 Å². The highest BCUT2D eigenvalue weighted by Crippen LogP contribution is 2.25. The minimum absolute atomic E-state index is 0.955. The van der Waals surface area contributed by atoms with Gasteiger partial charge in [-0.3, -0.25) is 0 Å². The summed E-state index contributed by atoms with van der Waals surface area (Å²) in [6, 6.07) is 10.1. The van der Waals surface area contributed by atoms with E-state index in [4.69, 9.17) is 0 Å². The van der Waals surface area contributed by atoms with Gasteiger partial charge in [0.05, 0.1) is 17.6 Å². The summed E-state index contributed by atoms with van der Waals surface area (Å²) in [4.78, 5) is 4.58. The molecular weight excluding hydrogens is 268 g/mol. The van der Waals surface area contributed by atoms with Crippen molar-refractivity contribution in [2.45, 2.75) is 13.3 Å². The van der Waals surface area contributed by atoms with Gasteiger partial charge in [-0.15, -0.1) is 11.3 Å². The first kappa shape index (κ1) is 12.9. The molecule has 0 radical (unpaired) electrons. The van der Waals surface area contributed by atoms with Gasteiger partial charge in [0.15, 0.2) is 5.13 Å². The van der Waals surface area contributed by atoms with Crippen LogP contribution in [0.25, 0.3) is 16.9 Å². The van der Waals surface area contributed by atoms with E-state index in [1.165, 1.54) is 0 Å². The molecule has 3 rings (SSSR count). The summed E-state index contributed by atoms with van der Waals surface area (Å²) in [6.07, 6.45) is 4.96. The van der Waals surface area contributed by atoms with E-state index in [1.807, 2.05) is 47.4 Å². The highest BCUT2D eigenvalue weighted by molar-refractivity contribution is 7.14.